The lowest BCUT2D eigenvalue weighted by atomic mass is 10.4. The average molecular weight is 256 g/mol. The van der Waals surface area contributed by atoms with Crippen LogP contribution in [0.4, 0.5) is 0 Å². The summed E-state index contributed by atoms with van der Waals surface area (Å²) in [5.74, 6) is 0. The molecule has 0 heterocycles. The third-order valence-electron chi connectivity index (χ3n) is 1.31. The van der Waals surface area contributed by atoms with Crippen LogP contribution in [-0.2, 0) is 0 Å². The molecule has 2 heteroatoms. The molecule has 56 valence electrons. The van der Waals surface area contributed by atoms with Crippen molar-refractivity contribution in [1.29, 1.82) is 0 Å². The molecule has 0 bridgehead atoms. The summed E-state index contributed by atoms with van der Waals surface area (Å²) in [6, 6.07) is 1.51. The molecule has 0 aromatic carbocycles. The van der Waals surface area contributed by atoms with Crippen molar-refractivity contribution >= 4 is 30.7 Å². The second kappa shape index (κ2) is 4.72. The van der Waals surface area contributed by atoms with Crippen LogP contribution in [0.25, 0.3) is 0 Å². The number of halogens is 1. The van der Waals surface area contributed by atoms with Gasteiger partial charge >= 0.3 is 0 Å². The van der Waals surface area contributed by atoms with Gasteiger partial charge in [0, 0.05) is 8.07 Å². The first-order valence-corrected chi connectivity index (χ1v) is 8.85. The molecule has 0 aromatic heterocycles. The van der Waals surface area contributed by atoms with Crippen LogP contribution < -0.4 is 0 Å². The summed E-state index contributed by atoms with van der Waals surface area (Å²) >= 11 is 2.45. The Bertz CT molecular complexity index is 65.8. The van der Waals surface area contributed by atoms with E-state index in [2.05, 4.69) is 42.2 Å². The fourth-order valence-electron chi connectivity index (χ4n) is 0.750. The molecule has 0 fully saturated rings. The van der Waals surface area contributed by atoms with Gasteiger partial charge in [-0.2, -0.15) is 0 Å². The molecule has 0 aliphatic rings. The standard InChI is InChI=1S/C7H17ISi/c1-9(2,3)7-5-4-6-8/h4-7H2,1-3H3. The molecule has 0 aromatic rings. The Labute approximate surface area is 73.6 Å². The maximum Gasteiger partial charge on any atom is 0.0442 e. The van der Waals surface area contributed by atoms with Crippen molar-refractivity contribution in [3.05, 3.63) is 0 Å². The highest BCUT2D eigenvalue weighted by Crippen LogP contribution is 2.12. The second-order valence-electron chi connectivity index (χ2n) is 3.71. The van der Waals surface area contributed by atoms with Crippen LogP contribution in [0.1, 0.15) is 12.8 Å². The molecule has 0 rings (SSSR count). The third-order valence-corrected chi connectivity index (χ3v) is 3.93. The Kier molecular flexibility index (Phi) is 5.21. The normalized spacial score (nSPS) is 12.0. The molecule has 0 saturated heterocycles. The highest BCUT2D eigenvalue weighted by molar-refractivity contribution is 14.1. The van der Waals surface area contributed by atoms with E-state index >= 15 is 0 Å². The Morgan fingerprint density at radius 3 is 2.00 bits per heavy atom. The minimum absolute atomic E-state index is 0.698. The number of alkyl halides is 1. The molecule has 0 amide bonds. The van der Waals surface area contributed by atoms with Crippen LogP contribution >= 0.6 is 22.6 Å². The molecule has 9 heavy (non-hydrogen) atoms. The van der Waals surface area contributed by atoms with E-state index in [-0.39, 0.29) is 0 Å². The average Bonchev–Trinajstić information content (AvgIpc) is 1.63. The number of rotatable bonds is 4. The first-order chi connectivity index (χ1) is 4.06. The van der Waals surface area contributed by atoms with E-state index in [4.69, 9.17) is 0 Å². The van der Waals surface area contributed by atoms with Crippen molar-refractivity contribution in [3.63, 3.8) is 0 Å². The molecule has 0 N–H and O–H groups in total. The van der Waals surface area contributed by atoms with Gasteiger partial charge in [0.25, 0.3) is 0 Å². The highest BCUT2D eigenvalue weighted by Gasteiger charge is 2.10. The van der Waals surface area contributed by atoms with E-state index in [1.54, 1.807) is 0 Å². The predicted molar refractivity (Wildman–Crippen MR) is 56.3 cm³/mol. The van der Waals surface area contributed by atoms with Gasteiger partial charge in [-0.1, -0.05) is 54.7 Å². The summed E-state index contributed by atoms with van der Waals surface area (Å²) in [6.45, 7) is 7.33. The molecule has 0 radical (unpaired) electrons. The van der Waals surface area contributed by atoms with E-state index in [1.165, 1.54) is 23.3 Å². The van der Waals surface area contributed by atoms with Gasteiger partial charge < -0.3 is 0 Å². The highest BCUT2D eigenvalue weighted by atomic mass is 127. The maximum absolute atomic E-state index is 2.45. The summed E-state index contributed by atoms with van der Waals surface area (Å²) in [7, 11) is -0.698. The molecule has 0 saturated carbocycles. The van der Waals surface area contributed by atoms with E-state index in [9.17, 15) is 0 Å². The summed E-state index contributed by atoms with van der Waals surface area (Å²) in [4.78, 5) is 0. The molecular weight excluding hydrogens is 239 g/mol. The van der Waals surface area contributed by atoms with Gasteiger partial charge in [-0.15, -0.1) is 0 Å². The van der Waals surface area contributed by atoms with Gasteiger partial charge in [0.15, 0.2) is 0 Å². The van der Waals surface area contributed by atoms with Gasteiger partial charge in [-0.25, -0.2) is 0 Å². The van der Waals surface area contributed by atoms with E-state index in [0.717, 1.165) is 0 Å². The van der Waals surface area contributed by atoms with E-state index in [1.807, 2.05) is 0 Å². The predicted octanol–water partition coefficient (Wildman–Crippen LogP) is 3.54. The van der Waals surface area contributed by atoms with Crippen LogP contribution in [0.15, 0.2) is 0 Å². The van der Waals surface area contributed by atoms with Crippen LogP contribution in [0, 0.1) is 0 Å². The smallest absolute Gasteiger partial charge is 0.0442 e. The van der Waals surface area contributed by atoms with Gasteiger partial charge in [0.05, 0.1) is 0 Å². The first kappa shape index (κ1) is 9.95. The van der Waals surface area contributed by atoms with Crippen LogP contribution in [0.2, 0.25) is 25.7 Å². The molecule has 0 spiro atoms. The van der Waals surface area contributed by atoms with E-state index in [0.29, 0.717) is 0 Å². The quantitative estimate of drug-likeness (QED) is 0.312. The van der Waals surface area contributed by atoms with Gasteiger partial charge in [0.1, 0.15) is 0 Å². The fraction of sp³-hybridized carbons (Fsp3) is 1.00. The minimum Gasteiger partial charge on any atom is -0.0864 e. The minimum atomic E-state index is -0.698. The Balaban J connectivity index is 3.07. The lowest BCUT2D eigenvalue weighted by Gasteiger charge is -2.14. The molecular formula is C7H17ISi. The fourth-order valence-corrected chi connectivity index (χ4v) is 2.60. The SMILES string of the molecule is C[Si](C)(C)CCCCI. The maximum atomic E-state index is 2.45. The van der Waals surface area contributed by atoms with Crippen LogP contribution in [-0.4, -0.2) is 12.5 Å². The lowest BCUT2D eigenvalue weighted by molar-refractivity contribution is 0.888. The summed E-state index contributed by atoms with van der Waals surface area (Å²) in [5.41, 5.74) is 0. The number of hydrogen-bond acceptors (Lipinski definition) is 0. The van der Waals surface area contributed by atoms with E-state index < -0.39 is 8.07 Å². The zero-order chi connectivity index (χ0) is 7.33. The van der Waals surface area contributed by atoms with Gasteiger partial charge in [0.2, 0.25) is 0 Å². The molecule has 0 atom stereocenters. The lowest BCUT2D eigenvalue weighted by Crippen LogP contribution is -2.18. The Morgan fingerprint density at radius 2 is 1.67 bits per heavy atom. The van der Waals surface area contributed by atoms with Crippen molar-refractivity contribution in [3.8, 4) is 0 Å². The largest absolute Gasteiger partial charge is 0.0864 e. The monoisotopic (exact) mass is 256 g/mol. The van der Waals surface area contributed by atoms with Gasteiger partial charge in [-0.3, -0.25) is 0 Å². The van der Waals surface area contributed by atoms with Crippen LogP contribution in [0.5, 0.6) is 0 Å². The summed E-state index contributed by atoms with van der Waals surface area (Å²) < 4.78 is 1.34. The topological polar surface area (TPSA) is 0 Å². The third kappa shape index (κ3) is 8.95. The van der Waals surface area contributed by atoms with Crippen molar-refractivity contribution in [2.24, 2.45) is 0 Å². The number of unbranched alkanes of at least 4 members (excludes halogenated alkanes) is 1. The molecule has 0 aliphatic carbocycles. The summed E-state index contributed by atoms with van der Waals surface area (Å²) in [5, 5.41) is 0. The Morgan fingerprint density at radius 1 is 1.11 bits per heavy atom. The molecule has 0 nitrogen and oxygen atoms in total. The zero-order valence-corrected chi connectivity index (χ0v) is 9.86. The zero-order valence-electron chi connectivity index (χ0n) is 6.71. The van der Waals surface area contributed by atoms with Crippen molar-refractivity contribution in [1.82, 2.24) is 0 Å². The summed E-state index contributed by atoms with van der Waals surface area (Å²) in [6.07, 6.45) is 2.88. The van der Waals surface area contributed by atoms with Gasteiger partial charge in [-0.05, 0) is 10.8 Å². The van der Waals surface area contributed by atoms with Crippen molar-refractivity contribution in [2.45, 2.75) is 38.5 Å². The first-order valence-electron chi connectivity index (χ1n) is 3.62. The van der Waals surface area contributed by atoms with Crippen molar-refractivity contribution in [2.75, 3.05) is 4.43 Å². The number of hydrogen-bond donors (Lipinski definition) is 0. The van der Waals surface area contributed by atoms with Crippen molar-refractivity contribution < 1.29 is 0 Å². The molecule has 0 unspecified atom stereocenters. The Hall–Kier alpha value is 0.947. The molecule has 0 aliphatic heterocycles. The second-order valence-corrected chi connectivity index (χ2v) is 10.4. The van der Waals surface area contributed by atoms with Crippen LogP contribution in [0.3, 0.4) is 0 Å².